The monoisotopic (exact) mass is 398 g/mol. The van der Waals surface area contributed by atoms with Crippen molar-refractivity contribution in [2.45, 2.75) is 32.1 Å². The van der Waals surface area contributed by atoms with Crippen LogP contribution in [0.25, 0.3) is 0 Å². The van der Waals surface area contributed by atoms with Gasteiger partial charge >= 0.3 is 0 Å². The molecule has 0 spiro atoms. The molecule has 0 saturated carbocycles. The first-order valence-electron chi connectivity index (χ1n) is 9.70. The van der Waals surface area contributed by atoms with Gasteiger partial charge in [0.25, 0.3) is 0 Å². The van der Waals surface area contributed by atoms with Crippen LogP contribution in [0.1, 0.15) is 37.8 Å². The van der Waals surface area contributed by atoms with E-state index in [2.05, 4.69) is 15.3 Å². The molecule has 1 aromatic carbocycles. The molecule has 1 N–H and O–H groups in total. The number of benzene rings is 1. The lowest BCUT2D eigenvalue weighted by Gasteiger charge is -2.32. The normalized spacial score (nSPS) is 16.3. The van der Waals surface area contributed by atoms with E-state index in [-0.39, 0.29) is 17.7 Å². The van der Waals surface area contributed by atoms with Gasteiger partial charge in [-0.05, 0) is 37.1 Å². The number of aromatic nitrogens is 2. The first kappa shape index (κ1) is 20.7. The second-order valence-electron chi connectivity index (χ2n) is 6.98. The summed E-state index contributed by atoms with van der Waals surface area (Å²) in [5, 5.41) is 2.72. The SMILES string of the molecule is COCCC(=O)N1CCC[C@@H](c2nccnc2Oc2ccc(NC(C)=O)cc2)C1. The van der Waals surface area contributed by atoms with Crippen molar-refractivity contribution in [1.29, 1.82) is 0 Å². The van der Waals surface area contributed by atoms with Crippen LogP contribution in [0.2, 0.25) is 0 Å². The summed E-state index contributed by atoms with van der Waals surface area (Å²) in [5.41, 5.74) is 1.45. The molecule has 154 valence electrons. The van der Waals surface area contributed by atoms with Crippen molar-refractivity contribution in [3.63, 3.8) is 0 Å². The zero-order valence-electron chi connectivity index (χ0n) is 16.8. The number of amides is 2. The number of carbonyl (C=O) groups excluding carboxylic acids is 2. The Kier molecular flexibility index (Phi) is 7.13. The van der Waals surface area contributed by atoms with Gasteiger partial charge in [0, 0.05) is 51.1 Å². The van der Waals surface area contributed by atoms with Crippen molar-refractivity contribution in [3.8, 4) is 11.6 Å². The quantitative estimate of drug-likeness (QED) is 0.771. The fourth-order valence-electron chi connectivity index (χ4n) is 3.39. The largest absolute Gasteiger partial charge is 0.437 e. The second-order valence-corrected chi connectivity index (χ2v) is 6.98. The summed E-state index contributed by atoms with van der Waals surface area (Å²) in [6.07, 6.45) is 5.45. The highest BCUT2D eigenvalue weighted by Crippen LogP contribution is 2.33. The Bertz CT molecular complexity index is 841. The highest BCUT2D eigenvalue weighted by Gasteiger charge is 2.28. The molecule has 8 nitrogen and oxygen atoms in total. The van der Waals surface area contributed by atoms with Gasteiger partial charge in [-0.2, -0.15) is 0 Å². The first-order chi connectivity index (χ1) is 14.1. The summed E-state index contributed by atoms with van der Waals surface area (Å²) < 4.78 is 11.0. The summed E-state index contributed by atoms with van der Waals surface area (Å²) in [5.74, 6) is 1.08. The Morgan fingerprint density at radius 3 is 2.69 bits per heavy atom. The molecular weight excluding hydrogens is 372 g/mol. The van der Waals surface area contributed by atoms with E-state index in [1.54, 1.807) is 43.8 Å². The summed E-state index contributed by atoms with van der Waals surface area (Å²) >= 11 is 0. The van der Waals surface area contributed by atoms with Crippen molar-refractivity contribution in [2.75, 3.05) is 32.1 Å². The van der Waals surface area contributed by atoms with Gasteiger partial charge in [-0.25, -0.2) is 4.98 Å². The van der Waals surface area contributed by atoms with Crippen molar-refractivity contribution in [1.82, 2.24) is 14.9 Å². The molecule has 3 rings (SSSR count). The Hall–Kier alpha value is -3.00. The van der Waals surface area contributed by atoms with Crippen LogP contribution in [0, 0.1) is 0 Å². The van der Waals surface area contributed by atoms with Crippen molar-refractivity contribution >= 4 is 17.5 Å². The number of hydrogen-bond acceptors (Lipinski definition) is 6. The third kappa shape index (κ3) is 5.74. The third-order valence-electron chi connectivity index (χ3n) is 4.76. The van der Waals surface area contributed by atoms with Crippen LogP contribution < -0.4 is 10.1 Å². The number of methoxy groups -OCH3 is 1. The molecular formula is C21H26N4O4. The standard InChI is InChI=1S/C21H26N4O4/c1-15(26)24-17-5-7-18(8-6-17)29-21-20(22-10-11-23-21)16-4-3-12-25(14-16)19(27)9-13-28-2/h5-8,10-11,16H,3-4,9,12-14H2,1-2H3,(H,24,26)/t16-/m1/s1. The van der Waals surface area contributed by atoms with Crippen molar-refractivity contribution < 1.29 is 19.1 Å². The van der Waals surface area contributed by atoms with Gasteiger partial charge in [-0.1, -0.05) is 0 Å². The van der Waals surface area contributed by atoms with Gasteiger partial charge in [0.2, 0.25) is 17.7 Å². The average Bonchev–Trinajstić information content (AvgIpc) is 2.73. The van der Waals surface area contributed by atoms with E-state index in [1.165, 1.54) is 6.92 Å². The summed E-state index contributed by atoms with van der Waals surface area (Å²) in [4.78, 5) is 34.2. The van der Waals surface area contributed by atoms with Crippen LogP contribution in [0.3, 0.4) is 0 Å². The van der Waals surface area contributed by atoms with E-state index >= 15 is 0 Å². The number of hydrogen-bond donors (Lipinski definition) is 1. The number of rotatable bonds is 7. The lowest BCUT2D eigenvalue weighted by molar-refractivity contribution is -0.133. The van der Waals surface area contributed by atoms with Crippen LogP contribution in [0.4, 0.5) is 5.69 Å². The molecule has 1 aromatic heterocycles. The summed E-state index contributed by atoms with van der Waals surface area (Å²) in [7, 11) is 1.60. The Morgan fingerprint density at radius 1 is 1.21 bits per heavy atom. The number of ether oxygens (including phenoxy) is 2. The molecule has 0 aliphatic carbocycles. The molecule has 0 radical (unpaired) electrons. The van der Waals surface area contributed by atoms with E-state index in [9.17, 15) is 9.59 Å². The van der Waals surface area contributed by atoms with E-state index < -0.39 is 0 Å². The third-order valence-corrected chi connectivity index (χ3v) is 4.76. The Morgan fingerprint density at radius 2 is 1.97 bits per heavy atom. The molecule has 2 amide bonds. The predicted octanol–water partition coefficient (Wildman–Crippen LogP) is 2.97. The maximum absolute atomic E-state index is 12.4. The first-order valence-corrected chi connectivity index (χ1v) is 9.70. The van der Waals surface area contributed by atoms with Crippen molar-refractivity contribution in [3.05, 3.63) is 42.4 Å². The second kappa shape index (κ2) is 9.97. The lowest BCUT2D eigenvalue weighted by Crippen LogP contribution is -2.39. The molecule has 1 aliphatic heterocycles. The van der Waals surface area contributed by atoms with Gasteiger partial charge in [0.1, 0.15) is 11.4 Å². The molecule has 1 fully saturated rings. The number of nitrogens with zero attached hydrogens (tertiary/aromatic N) is 3. The van der Waals surface area contributed by atoms with Crippen molar-refractivity contribution in [2.24, 2.45) is 0 Å². The number of anilines is 1. The van der Waals surface area contributed by atoms with Crippen LogP contribution in [0.5, 0.6) is 11.6 Å². The van der Waals surface area contributed by atoms with Crippen LogP contribution in [-0.4, -0.2) is 53.5 Å². The molecule has 29 heavy (non-hydrogen) atoms. The minimum atomic E-state index is -0.128. The number of piperidine rings is 1. The van der Waals surface area contributed by atoms with E-state index in [0.29, 0.717) is 36.9 Å². The van der Waals surface area contributed by atoms with Gasteiger partial charge in [0.05, 0.1) is 13.0 Å². The van der Waals surface area contributed by atoms with E-state index in [4.69, 9.17) is 9.47 Å². The van der Waals surface area contributed by atoms with E-state index in [0.717, 1.165) is 25.1 Å². The maximum Gasteiger partial charge on any atom is 0.241 e. The lowest BCUT2D eigenvalue weighted by atomic mass is 9.94. The topological polar surface area (TPSA) is 93.7 Å². The predicted molar refractivity (Wildman–Crippen MR) is 108 cm³/mol. The molecule has 2 aromatic rings. The minimum Gasteiger partial charge on any atom is -0.437 e. The van der Waals surface area contributed by atoms with Gasteiger partial charge in [-0.3, -0.25) is 14.6 Å². The van der Waals surface area contributed by atoms with Gasteiger partial charge in [-0.15, -0.1) is 0 Å². The average molecular weight is 398 g/mol. The Balaban J connectivity index is 1.71. The number of likely N-dealkylation sites (tertiary alicyclic amines) is 1. The molecule has 0 bridgehead atoms. The molecule has 1 aliphatic rings. The number of nitrogens with one attached hydrogen (secondary N) is 1. The molecule has 1 saturated heterocycles. The molecule has 2 heterocycles. The molecule has 8 heteroatoms. The molecule has 1 atom stereocenters. The fourth-order valence-corrected chi connectivity index (χ4v) is 3.39. The van der Waals surface area contributed by atoms with Gasteiger partial charge in [0.15, 0.2) is 0 Å². The maximum atomic E-state index is 12.4. The summed E-state index contributed by atoms with van der Waals surface area (Å²) in [6.45, 7) is 3.23. The zero-order chi connectivity index (χ0) is 20.6. The Labute approximate surface area is 170 Å². The van der Waals surface area contributed by atoms with Gasteiger partial charge < -0.3 is 19.7 Å². The van der Waals surface area contributed by atoms with Crippen LogP contribution in [0.15, 0.2) is 36.7 Å². The van der Waals surface area contributed by atoms with E-state index in [1.807, 2.05) is 4.90 Å². The molecule has 0 unspecified atom stereocenters. The highest BCUT2D eigenvalue weighted by molar-refractivity contribution is 5.88. The summed E-state index contributed by atoms with van der Waals surface area (Å²) in [6, 6.07) is 7.07. The zero-order valence-corrected chi connectivity index (χ0v) is 16.8. The highest BCUT2D eigenvalue weighted by atomic mass is 16.5. The number of carbonyl (C=O) groups is 2. The van der Waals surface area contributed by atoms with Crippen LogP contribution in [-0.2, 0) is 14.3 Å². The smallest absolute Gasteiger partial charge is 0.241 e. The fraction of sp³-hybridized carbons (Fsp3) is 0.429. The van der Waals surface area contributed by atoms with Crippen LogP contribution >= 0.6 is 0 Å². The minimum absolute atomic E-state index is 0.0672.